The maximum Gasteiger partial charge on any atom is 0.326 e. The second-order valence-corrected chi connectivity index (χ2v) is 3.40. The quantitative estimate of drug-likeness (QED) is 0.659. The summed E-state index contributed by atoms with van der Waals surface area (Å²) in [6.07, 6.45) is 1.05. The van der Waals surface area contributed by atoms with Gasteiger partial charge in [0.1, 0.15) is 11.9 Å². The minimum atomic E-state index is -1.05. The van der Waals surface area contributed by atoms with Crippen LogP contribution in [-0.4, -0.2) is 38.2 Å². The average Bonchev–Trinajstić information content (AvgIpc) is 2.64. The monoisotopic (exact) mass is 226 g/mol. The van der Waals surface area contributed by atoms with Crippen molar-refractivity contribution in [3.63, 3.8) is 0 Å². The lowest BCUT2D eigenvalue weighted by atomic mass is 10.1. The molecule has 0 saturated carbocycles. The number of amides is 1. The lowest BCUT2D eigenvalue weighted by molar-refractivity contribution is -0.139. The first-order valence-corrected chi connectivity index (χ1v) is 4.97. The van der Waals surface area contributed by atoms with Gasteiger partial charge in [0.15, 0.2) is 0 Å². The van der Waals surface area contributed by atoms with Crippen LogP contribution in [0.15, 0.2) is 0 Å². The Morgan fingerprint density at radius 2 is 2.25 bits per heavy atom. The van der Waals surface area contributed by atoms with E-state index in [4.69, 9.17) is 5.11 Å². The summed E-state index contributed by atoms with van der Waals surface area (Å²) in [5, 5.41) is 17.4. The van der Waals surface area contributed by atoms with Crippen molar-refractivity contribution in [2.24, 2.45) is 0 Å². The second kappa shape index (κ2) is 5.24. The second-order valence-electron chi connectivity index (χ2n) is 3.40. The maximum atomic E-state index is 11.5. The first-order valence-electron chi connectivity index (χ1n) is 4.97. The number of nitrogens with zero attached hydrogens (tertiary/aromatic N) is 2. The molecule has 3 N–H and O–H groups in total. The number of carboxylic acids is 1. The van der Waals surface area contributed by atoms with Gasteiger partial charge in [-0.05, 0) is 13.3 Å². The standard InChI is InChI=1S/C9H14N4O3/c1-3-4-6(9(15)16)11-8(14)7-10-5(2)12-13-7/h6H,3-4H2,1-2H3,(H,11,14)(H,15,16)(H,10,12,13)/t6-/m1/s1. The molecule has 7 heteroatoms. The van der Waals surface area contributed by atoms with Crippen molar-refractivity contribution in [1.29, 1.82) is 0 Å². The molecule has 0 radical (unpaired) electrons. The van der Waals surface area contributed by atoms with Gasteiger partial charge in [-0.2, -0.15) is 0 Å². The third-order valence-corrected chi connectivity index (χ3v) is 1.98. The molecule has 0 fully saturated rings. The largest absolute Gasteiger partial charge is 0.480 e. The molecule has 1 amide bonds. The van der Waals surface area contributed by atoms with Gasteiger partial charge in [-0.25, -0.2) is 9.78 Å². The Kier molecular flexibility index (Phi) is 3.98. The van der Waals surface area contributed by atoms with Crippen LogP contribution in [-0.2, 0) is 4.79 Å². The van der Waals surface area contributed by atoms with Crippen LogP contribution in [0, 0.1) is 6.92 Å². The summed E-state index contributed by atoms with van der Waals surface area (Å²) in [4.78, 5) is 26.1. The van der Waals surface area contributed by atoms with Crippen molar-refractivity contribution >= 4 is 11.9 Å². The Morgan fingerprint density at radius 3 is 2.69 bits per heavy atom. The number of aromatic amines is 1. The number of nitrogens with one attached hydrogen (secondary N) is 2. The molecule has 16 heavy (non-hydrogen) atoms. The molecular weight excluding hydrogens is 212 g/mol. The molecule has 7 nitrogen and oxygen atoms in total. The number of aryl methyl sites for hydroxylation is 1. The van der Waals surface area contributed by atoms with Crippen LogP contribution in [0.1, 0.15) is 36.2 Å². The summed E-state index contributed by atoms with van der Waals surface area (Å²) in [6, 6.07) is -0.892. The van der Waals surface area contributed by atoms with Crippen molar-refractivity contribution in [3.05, 3.63) is 11.6 Å². The molecule has 1 aromatic rings. The van der Waals surface area contributed by atoms with Crippen LogP contribution in [0.25, 0.3) is 0 Å². The van der Waals surface area contributed by atoms with Gasteiger partial charge in [0.05, 0.1) is 0 Å². The van der Waals surface area contributed by atoms with Crippen LogP contribution in [0.2, 0.25) is 0 Å². The fourth-order valence-corrected chi connectivity index (χ4v) is 1.21. The highest BCUT2D eigenvalue weighted by Crippen LogP contribution is 1.99. The number of carbonyl (C=O) groups is 2. The van der Waals surface area contributed by atoms with E-state index in [-0.39, 0.29) is 5.82 Å². The molecular formula is C9H14N4O3. The highest BCUT2D eigenvalue weighted by atomic mass is 16.4. The summed E-state index contributed by atoms with van der Waals surface area (Å²) in [5.41, 5.74) is 0. The first-order chi connectivity index (χ1) is 7.54. The SMILES string of the molecule is CCC[C@@H](NC(=O)c1n[nH]c(C)n1)C(=O)O. The molecule has 0 aromatic carbocycles. The minimum absolute atomic E-state index is 0.0418. The number of rotatable bonds is 5. The number of aromatic nitrogens is 3. The van der Waals surface area contributed by atoms with E-state index in [1.54, 1.807) is 6.92 Å². The van der Waals surface area contributed by atoms with Crippen LogP contribution in [0.5, 0.6) is 0 Å². The van der Waals surface area contributed by atoms with Gasteiger partial charge < -0.3 is 10.4 Å². The van der Waals surface area contributed by atoms with Crippen LogP contribution >= 0.6 is 0 Å². The Bertz CT molecular complexity index is 388. The molecule has 0 aliphatic heterocycles. The van der Waals surface area contributed by atoms with E-state index in [1.165, 1.54) is 0 Å². The lowest BCUT2D eigenvalue weighted by Gasteiger charge is -2.11. The van der Waals surface area contributed by atoms with Gasteiger partial charge in [0.2, 0.25) is 5.82 Å². The molecule has 88 valence electrons. The molecule has 0 bridgehead atoms. The van der Waals surface area contributed by atoms with E-state index >= 15 is 0 Å². The molecule has 1 heterocycles. The molecule has 1 atom stereocenters. The van der Waals surface area contributed by atoms with E-state index in [2.05, 4.69) is 20.5 Å². The Balaban J connectivity index is 2.65. The predicted octanol–water partition coefficient (Wildman–Crippen LogP) is 0.0962. The van der Waals surface area contributed by atoms with Crippen molar-refractivity contribution in [3.8, 4) is 0 Å². The zero-order chi connectivity index (χ0) is 12.1. The summed E-state index contributed by atoms with van der Waals surface area (Å²) in [7, 11) is 0. The summed E-state index contributed by atoms with van der Waals surface area (Å²) >= 11 is 0. The van der Waals surface area contributed by atoms with Gasteiger partial charge in [-0.3, -0.25) is 9.89 Å². The lowest BCUT2D eigenvalue weighted by Crippen LogP contribution is -2.41. The summed E-state index contributed by atoms with van der Waals surface area (Å²) < 4.78 is 0. The van der Waals surface area contributed by atoms with E-state index < -0.39 is 17.9 Å². The first kappa shape index (κ1) is 12.2. The third-order valence-electron chi connectivity index (χ3n) is 1.98. The topological polar surface area (TPSA) is 108 Å². The Hall–Kier alpha value is -1.92. The highest BCUT2D eigenvalue weighted by Gasteiger charge is 2.21. The van der Waals surface area contributed by atoms with Gasteiger partial charge >= 0.3 is 5.97 Å². The molecule has 0 saturated heterocycles. The van der Waals surface area contributed by atoms with Crippen molar-refractivity contribution in [1.82, 2.24) is 20.5 Å². The van der Waals surface area contributed by atoms with Gasteiger partial charge in [-0.1, -0.05) is 13.3 Å². The number of carboxylic acid groups (broad SMARTS) is 1. The van der Waals surface area contributed by atoms with Crippen molar-refractivity contribution in [2.75, 3.05) is 0 Å². The molecule has 0 aliphatic carbocycles. The number of hydrogen-bond acceptors (Lipinski definition) is 4. The minimum Gasteiger partial charge on any atom is -0.480 e. The van der Waals surface area contributed by atoms with Crippen LogP contribution in [0.3, 0.4) is 0 Å². The van der Waals surface area contributed by atoms with Crippen molar-refractivity contribution < 1.29 is 14.7 Å². The fraction of sp³-hybridized carbons (Fsp3) is 0.556. The highest BCUT2D eigenvalue weighted by molar-refractivity contribution is 5.93. The predicted molar refractivity (Wildman–Crippen MR) is 54.9 cm³/mol. The Morgan fingerprint density at radius 1 is 1.56 bits per heavy atom. The number of aliphatic carboxylic acids is 1. The van der Waals surface area contributed by atoms with Gasteiger partial charge in [-0.15, -0.1) is 5.10 Å². The zero-order valence-electron chi connectivity index (χ0n) is 9.15. The smallest absolute Gasteiger partial charge is 0.326 e. The van der Waals surface area contributed by atoms with E-state index in [0.717, 1.165) is 0 Å². The third kappa shape index (κ3) is 3.04. The fourth-order valence-electron chi connectivity index (χ4n) is 1.21. The molecule has 0 spiro atoms. The van der Waals surface area contributed by atoms with E-state index in [0.29, 0.717) is 18.7 Å². The molecule has 0 unspecified atom stereocenters. The average molecular weight is 226 g/mol. The van der Waals surface area contributed by atoms with E-state index in [1.807, 2.05) is 6.92 Å². The molecule has 1 rings (SSSR count). The van der Waals surface area contributed by atoms with Crippen LogP contribution in [0.4, 0.5) is 0 Å². The normalized spacial score (nSPS) is 12.1. The molecule has 1 aromatic heterocycles. The Labute approximate surface area is 92.3 Å². The maximum absolute atomic E-state index is 11.5. The van der Waals surface area contributed by atoms with Gasteiger partial charge in [0.25, 0.3) is 5.91 Å². The van der Waals surface area contributed by atoms with E-state index in [9.17, 15) is 9.59 Å². The zero-order valence-corrected chi connectivity index (χ0v) is 9.15. The summed E-state index contributed by atoms with van der Waals surface area (Å²) in [5.74, 6) is -1.17. The number of carbonyl (C=O) groups excluding carboxylic acids is 1. The van der Waals surface area contributed by atoms with Gasteiger partial charge in [0, 0.05) is 0 Å². The van der Waals surface area contributed by atoms with Crippen LogP contribution < -0.4 is 5.32 Å². The number of H-pyrrole nitrogens is 1. The summed E-state index contributed by atoms with van der Waals surface area (Å²) in [6.45, 7) is 3.50. The molecule has 0 aliphatic rings. The van der Waals surface area contributed by atoms with Crippen molar-refractivity contribution in [2.45, 2.75) is 32.7 Å². The number of hydrogen-bond donors (Lipinski definition) is 3.